The monoisotopic (exact) mass is 325 g/mol. The largest absolute Gasteiger partial charge is 0.483 e. The van der Waals surface area contributed by atoms with Crippen LogP contribution >= 0.6 is 0 Å². The Morgan fingerprint density at radius 3 is 2.43 bits per heavy atom. The molecule has 128 valence electrons. The standard InChI is InChI=1S/C17H24FNO4/c1-11-4-2-3-5-15(11)19-16(22)10-23-17-12(8-20)6-14(18)7-13(17)9-21/h6-7,11,15,20-21H,2-5,8-10H2,1H3,(H,19,22). The van der Waals surface area contributed by atoms with Gasteiger partial charge in [-0.25, -0.2) is 4.39 Å². The SMILES string of the molecule is CC1CCCCC1NC(=O)COc1c(CO)cc(F)cc1CO. The topological polar surface area (TPSA) is 78.8 Å². The summed E-state index contributed by atoms with van der Waals surface area (Å²) < 4.78 is 18.8. The molecule has 6 heteroatoms. The van der Waals surface area contributed by atoms with Crippen molar-refractivity contribution in [3.63, 3.8) is 0 Å². The highest BCUT2D eigenvalue weighted by Crippen LogP contribution is 2.26. The average molecular weight is 325 g/mol. The first-order valence-electron chi connectivity index (χ1n) is 8.00. The minimum absolute atomic E-state index is 0.155. The van der Waals surface area contributed by atoms with Gasteiger partial charge < -0.3 is 20.3 Å². The van der Waals surface area contributed by atoms with Crippen molar-refractivity contribution in [2.24, 2.45) is 5.92 Å². The van der Waals surface area contributed by atoms with E-state index in [0.717, 1.165) is 31.4 Å². The Kier molecular flexibility index (Phi) is 6.36. The molecule has 1 fully saturated rings. The number of aliphatic hydroxyl groups excluding tert-OH is 2. The van der Waals surface area contributed by atoms with Crippen LogP contribution in [0.4, 0.5) is 4.39 Å². The number of hydrogen-bond donors (Lipinski definition) is 3. The zero-order valence-electron chi connectivity index (χ0n) is 13.3. The normalized spacial score (nSPS) is 21.0. The third kappa shape index (κ3) is 4.65. The molecule has 5 nitrogen and oxygen atoms in total. The highest BCUT2D eigenvalue weighted by atomic mass is 19.1. The zero-order chi connectivity index (χ0) is 16.8. The second-order valence-corrected chi connectivity index (χ2v) is 6.09. The number of hydrogen-bond acceptors (Lipinski definition) is 4. The van der Waals surface area contributed by atoms with Gasteiger partial charge in [0.2, 0.25) is 0 Å². The van der Waals surface area contributed by atoms with E-state index >= 15 is 0 Å². The summed E-state index contributed by atoms with van der Waals surface area (Å²) in [5.74, 6) is -0.199. The smallest absolute Gasteiger partial charge is 0.258 e. The molecule has 2 atom stereocenters. The van der Waals surface area contributed by atoms with Gasteiger partial charge in [0.25, 0.3) is 5.91 Å². The Morgan fingerprint density at radius 1 is 1.26 bits per heavy atom. The van der Waals surface area contributed by atoms with Gasteiger partial charge in [0.15, 0.2) is 6.61 Å². The van der Waals surface area contributed by atoms with E-state index in [1.54, 1.807) is 0 Å². The number of ether oxygens (including phenoxy) is 1. The molecule has 1 aliphatic rings. The lowest BCUT2D eigenvalue weighted by Gasteiger charge is -2.29. The molecule has 1 amide bonds. The third-order valence-corrected chi connectivity index (χ3v) is 4.35. The van der Waals surface area contributed by atoms with E-state index < -0.39 is 19.0 Å². The summed E-state index contributed by atoms with van der Waals surface area (Å²) in [4.78, 5) is 12.1. The molecule has 1 aromatic carbocycles. The lowest BCUT2D eigenvalue weighted by atomic mass is 9.86. The summed E-state index contributed by atoms with van der Waals surface area (Å²) >= 11 is 0. The lowest BCUT2D eigenvalue weighted by Crippen LogP contribution is -2.43. The van der Waals surface area contributed by atoms with Gasteiger partial charge in [0, 0.05) is 17.2 Å². The Labute approximate surface area is 135 Å². The van der Waals surface area contributed by atoms with E-state index in [-0.39, 0.29) is 35.4 Å². The average Bonchev–Trinajstić information content (AvgIpc) is 2.54. The summed E-state index contributed by atoms with van der Waals surface area (Å²) in [5, 5.41) is 21.6. The van der Waals surface area contributed by atoms with Gasteiger partial charge in [-0.15, -0.1) is 0 Å². The van der Waals surface area contributed by atoms with Gasteiger partial charge in [-0.3, -0.25) is 4.79 Å². The molecule has 0 aromatic heterocycles. The lowest BCUT2D eigenvalue weighted by molar-refractivity contribution is -0.124. The fraction of sp³-hybridized carbons (Fsp3) is 0.588. The highest BCUT2D eigenvalue weighted by Gasteiger charge is 2.23. The van der Waals surface area contributed by atoms with Crippen LogP contribution in [-0.2, 0) is 18.0 Å². The van der Waals surface area contributed by atoms with Crippen molar-refractivity contribution in [1.82, 2.24) is 5.32 Å². The molecule has 0 aliphatic heterocycles. The Bertz CT molecular complexity index is 524. The van der Waals surface area contributed by atoms with Crippen LogP contribution in [0.15, 0.2) is 12.1 Å². The van der Waals surface area contributed by atoms with Crippen molar-refractivity contribution in [2.45, 2.75) is 51.9 Å². The number of benzene rings is 1. The van der Waals surface area contributed by atoms with Crippen LogP contribution < -0.4 is 10.1 Å². The fourth-order valence-electron chi connectivity index (χ4n) is 3.05. The number of amides is 1. The second-order valence-electron chi connectivity index (χ2n) is 6.09. The Hall–Kier alpha value is -1.66. The van der Waals surface area contributed by atoms with Crippen molar-refractivity contribution in [2.75, 3.05) is 6.61 Å². The Balaban J connectivity index is 1.98. The van der Waals surface area contributed by atoms with Crippen molar-refractivity contribution in [1.29, 1.82) is 0 Å². The second kappa shape index (κ2) is 8.26. The van der Waals surface area contributed by atoms with Crippen molar-refractivity contribution < 1.29 is 24.1 Å². The summed E-state index contributed by atoms with van der Waals surface area (Å²) in [6.07, 6.45) is 4.37. The maximum Gasteiger partial charge on any atom is 0.258 e. The number of nitrogens with one attached hydrogen (secondary N) is 1. The van der Waals surface area contributed by atoms with Gasteiger partial charge in [-0.2, -0.15) is 0 Å². The molecule has 23 heavy (non-hydrogen) atoms. The third-order valence-electron chi connectivity index (χ3n) is 4.35. The van der Waals surface area contributed by atoms with Crippen LogP contribution in [0.2, 0.25) is 0 Å². The molecule has 0 saturated heterocycles. The maximum absolute atomic E-state index is 13.4. The van der Waals surface area contributed by atoms with E-state index in [1.165, 1.54) is 6.42 Å². The van der Waals surface area contributed by atoms with Crippen LogP contribution in [0.1, 0.15) is 43.7 Å². The van der Waals surface area contributed by atoms with Crippen molar-refractivity contribution in [3.05, 3.63) is 29.1 Å². The number of aliphatic hydroxyl groups is 2. The summed E-state index contributed by atoms with van der Waals surface area (Å²) in [6.45, 7) is 1.04. The number of carbonyl (C=O) groups is 1. The van der Waals surface area contributed by atoms with Crippen LogP contribution in [0.3, 0.4) is 0 Å². The van der Waals surface area contributed by atoms with E-state index in [1.807, 2.05) is 0 Å². The summed E-state index contributed by atoms with van der Waals surface area (Å²) in [5.41, 5.74) is 0.431. The molecule has 3 N–H and O–H groups in total. The van der Waals surface area contributed by atoms with Gasteiger partial charge in [0.05, 0.1) is 13.2 Å². The summed E-state index contributed by atoms with van der Waals surface area (Å²) in [6, 6.07) is 2.42. The molecule has 1 aromatic rings. The van der Waals surface area contributed by atoms with Crippen LogP contribution in [0.25, 0.3) is 0 Å². The molecule has 0 radical (unpaired) electrons. The fourth-order valence-corrected chi connectivity index (χ4v) is 3.05. The molecule has 0 heterocycles. The van der Waals surface area contributed by atoms with Gasteiger partial charge >= 0.3 is 0 Å². The van der Waals surface area contributed by atoms with E-state index in [0.29, 0.717) is 5.92 Å². The molecule has 2 rings (SSSR count). The molecule has 0 spiro atoms. The zero-order valence-corrected chi connectivity index (χ0v) is 13.3. The minimum Gasteiger partial charge on any atom is -0.483 e. The molecule has 0 bridgehead atoms. The first-order valence-corrected chi connectivity index (χ1v) is 8.00. The van der Waals surface area contributed by atoms with Crippen molar-refractivity contribution >= 4 is 5.91 Å². The molecular weight excluding hydrogens is 301 g/mol. The maximum atomic E-state index is 13.4. The summed E-state index contributed by atoms with van der Waals surface area (Å²) in [7, 11) is 0. The molecular formula is C17H24FNO4. The number of carbonyl (C=O) groups excluding carboxylic acids is 1. The highest BCUT2D eigenvalue weighted by molar-refractivity contribution is 5.78. The van der Waals surface area contributed by atoms with Crippen LogP contribution in [0, 0.1) is 11.7 Å². The van der Waals surface area contributed by atoms with Crippen LogP contribution in [-0.4, -0.2) is 28.8 Å². The van der Waals surface area contributed by atoms with E-state index in [2.05, 4.69) is 12.2 Å². The molecule has 1 saturated carbocycles. The van der Waals surface area contributed by atoms with E-state index in [4.69, 9.17) is 4.74 Å². The Morgan fingerprint density at radius 2 is 1.87 bits per heavy atom. The minimum atomic E-state index is -0.564. The first kappa shape index (κ1) is 17.7. The van der Waals surface area contributed by atoms with Crippen LogP contribution in [0.5, 0.6) is 5.75 Å². The van der Waals surface area contributed by atoms with E-state index in [9.17, 15) is 19.4 Å². The van der Waals surface area contributed by atoms with Gasteiger partial charge in [-0.05, 0) is 30.9 Å². The molecule has 2 unspecified atom stereocenters. The predicted molar refractivity (Wildman–Crippen MR) is 83.3 cm³/mol. The first-order chi connectivity index (χ1) is 11.0. The van der Waals surface area contributed by atoms with Gasteiger partial charge in [0.1, 0.15) is 11.6 Å². The van der Waals surface area contributed by atoms with Crippen molar-refractivity contribution in [3.8, 4) is 5.75 Å². The number of halogens is 1. The van der Waals surface area contributed by atoms with Gasteiger partial charge in [-0.1, -0.05) is 19.8 Å². The quantitative estimate of drug-likeness (QED) is 0.746. The molecule has 1 aliphatic carbocycles. The number of rotatable bonds is 6. The predicted octanol–water partition coefficient (Wildman–Crippen LogP) is 1.88.